The maximum Gasteiger partial charge on any atom is 0.271 e. The molecular formula is C17H16ClN3O4S2. The number of hydrogen-bond acceptors (Lipinski definition) is 6. The summed E-state index contributed by atoms with van der Waals surface area (Å²) >= 11 is 6.75. The Labute approximate surface area is 165 Å². The lowest BCUT2D eigenvalue weighted by Gasteiger charge is -2.11. The number of aromatic nitrogens is 1. The highest BCUT2D eigenvalue weighted by Gasteiger charge is 2.18. The van der Waals surface area contributed by atoms with Gasteiger partial charge in [-0.25, -0.2) is 13.4 Å². The second kappa shape index (κ2) is 7.71. The molecule has 0 aliphatic heterocycles. The zero-order valence-corrected chi connectivity index (χ0v) is 16.8. The molecule has 0 saturated heterocycles. The van der Waals surface area contributed by atoms with E-state index in [4.69, 9.17) is 16.0 Å². The molecule has 7 nitrogen and oxygen atoms in total. The molecule has 1 unspecified atom stereocenters. The van der Waals surface area contributed by atoms with Gasteiger partial charge in [0.05, 0.1) is 10.5 Å². The molecule has 3 rings (SSSR count). The fourth-order valence-corrected chi connectivity index (χ4v) is 4.79. The SMILES string of the molecule is Cc1cnc(C(C)NC(=O)c2ccc(NS(=O)(=O)c3ccc(Cl)s3)cc2)o1. The van der Waals surface area contributed by atoms with Crippen LogP contribution in [0.15, 0.2) is 51.2 Å². The van der Waals surface area contributed by atoms with E-state index in [2.05, 4.69) is 15.0 Å². The van der Waals surface area contributed by atoms with Gasteiger partial charge in [-0.3, -0.25) is 9.52 Å². The van der Waals surface area contributed by atoms with Crippen molar-refractivity contribution in [2.45, 2.75) is 24.1 Å². The van der Waals surface area contributed by atoms with Gasteiger partial charge >= 0.3 is 0 Å². The number of anilines is 1. The summed E-state index contributed by atoms with van der Waals surface area (Å²) in [7, 11) is -3.72. The summed E-state index contributed by atoms with van der Waals surface area (Å²) in [6.45, 7) is 3.53. The van der Waals surface area contributed by atoms with Crippen molar-refractivity contribution < 1.29 is 17.6 Å². The number of nitrogens with zero attached hydrogens (tertiary/aromatic N) is 1. The number of oxazole rings is 1. The van der Waals surface area contributed by atoms with E-state index in [1.807, 2.05) is 0 Å². The lowest BCUT2D eigenvalue weighted by molar-refractivity contribution is 0.0934. The van der Waals surface area contributed by atoms with Crippen LogP contribution in [0.25, 0.3) is 0 Å². The van der Waals surface area contributed by atoms with E-state index in [9.17, 15) is 13.2 Å². The fourth-order valence-electron chi connectivity index (χ4n) is 2.25. The maximum absolute atomic E-state index is 12.3. The molecule has 2 aromatic heterocycles. The number of amides is 1. The molecule has 0 bridgehead atoms. The highest BCUT2D eigenvalue weighted by molar-refractivity contribution is 7.94. The number of thiophene rings is 1. The fraction of sp³-hybridized carbons (Fsp3) is 0.176. The molecule has 142 valence electrons. The quantitative estimate of drug-likeness (QED) is 0.621. The second-order valence-electron chi connectivity index (χ2n) is 5.75. The predicted molar refractivity (Wildman–Crippen MR) is 104 cm³/mol. The number of halogens is 1. The molecule has 1 aromatic carbocycles. The van der Waals surface area contributed by atoms with Crippen LogP contribution in [-0.4, -0.2) is 19.3 Å². The zero-order valence-electron chi connectivity index (χ0n) is 14.4. The van der Waals surface area contributed by atoms with Gasteiger partial charge in [-0.2, -0.15) is 0 Å². The van der Waals surface area contributed by atoms with Crippen molar-refractivity contribution >= 4 is 44.6 Å². The Morgan fingerprint density at radius 2 is 1.93 bits per heavy atom. The number of rotatable bonds is 6. The number of hydrogen-bond donors (Lipinski definition) is 2. The minimum absolute atomic E-state index is 0.115. The van der Waals surface area contributed by atoms with E-state index in [-0.39, 0.29) is 10.1 Å². The summed E-state index contributed by atoms with van der Waals surface area (Å²) in [5.74, 6) is 0.757. The maximum atomic E-state index is 12.3. The highest BCUT2D eigenvalue weighted by Crippen LogP contribution is 2.27. The lowest BCUT2D eigenvalue weighted by atomic mass is 10.2. The minimum atomic E-state index is -3.72. The standard InChI is InChI=1S/C17H16ClN3O4S2/c1-10-9-19-17(25-10)11(2)20-16(22)12-3-5-13(6-4-12)21-27(23,24)15-8-7-14(18)26-15/h3-9,11,21H,1-2H3,(H,20,22). The molecule has 1 atom stereocenters. The first-order valence-corrected chi connectivity index (χ1v) is 10.5. The third-order valence-electron chi connectivity index (χ3n) is 3.57. The van der Waals surface area contributed by atoms with E-state index in [1.165, 1.54) is 36.4 Å². The molecule has 0 spiro atoms. The second-order valence-corrected chi connectivity index (χ2v) is 9.37. The Hall–Kier alpha value is -2.36. The smallest absolute Gasteiger partial charge is 0.271 e. The van der Waals surface area contributed by atoms with Crippen molar-refractivity contribution in [3.05, 3.63) is 64.1 Å². The minimum Gasteiger partial charge on any atom is -0.444 e. The van der Waals surface area contributed by atoms with Gasteiger partial charge in [0.15, 0.2) is 0 Å². The van der Waals surface area contributed by atoms with Gasteiger partial charge in [0.2, 0.25) is 5.89 Å². The van der Waals surface area contributed by atoms with Crippen molar-refractivity contribution in [2.24, 2.45) is 0 Å². The molecule has 0 fully saturated rings. The molecule has 0 aliphatic carbocycles. The average Bonchev–Trinajstić information content (AvgIpc) is 3.24. The molecule has 0 radical (unpaired) electrons. The van der Waals surface area contributed by atoms with Gasteiger partial charge in [0.1, 0.15) is 16.0 Å². The normalized spacial score (nSPS) is 12.6. The summed E-state index contributed by atoms with van der Waals surface area (Å²) in [4.78, 5) is 16.4. The zero-order chi connectivity index (χ0) is 19.6. The Morgan fingerprint density at radius 3 is 2.48 bits per heavy atom. The van der Waals surface area contributed by atoms with Gasteiger partial charge in [-0.05, 0) is 50.2 Å². The van der Waals surface area contributed by atoms with Gasteiger partial charge < -0.3 is 9.73 Å². The largest absolute Gasteiger partial charge is 0.444 e. The predicted octanol–water partition coefficient (Wildman–Crippen LogP) is 3.99. The average molecular weight is 426 g/mol. The van der Waals surface area contributed by atoms with E-state index in [0.29, 0.717) is 27.2 Å². The Balaban J connectivity index is 1.67. The number of sulfonamides is 1. The Bertz CT molecular complexity index is 1060. The van der Waals surface area contributed by atoms with Crippen LogP contribution < -0.4 is 10.0 Å². The molecular weight excluding hydrogens is 410 g/mol. The first kappa shape index (κ1) is 19.4. The monoisotopic (exact) mass is 425 g/mol. The van der Waals surface area contributed by atoms with Crippen molar-refractivity contribution in [2.75, 3.05) is 4.72 Å². The van der Waals surface area contributed by atoms with E-state index in [1.54, 1.807) is 20.0 Å². The molecule has 2 heterocycles. The molecule has 2 N–H and O–H groups in total. The number of carbonyl (C=O) groups is 1. The van der Waals surface area contributed by atoms with E-state index >= 15 is 0 Å². The van der Waals surface area contributed by atoms with Gasteiger partial charge in [0, 0.05) is 11.3 Å². The summed E-state index contributed by atoms with van der Waals surface area (Å²) in [5, 5.41) is 2.78. The number of nitrogens with one attached hydrogen (secondary N) is 2. The van der Waals surface area contributed by atoms with Crippen LogP contribution in [0.1, 0.15) is 35.0 Å². The third kappa shape index (κ3) is 4.68. The Kier molecular flexibility index (Phi) is 5.54. The van der Waals surface area contributed by atoms with Crippen molar-refractivity contribution in [1.82, 2.24) is 10.3 Å². The van der Waals surface area contributed by atoms with Gasteiger partial charge in [-0.1, -0.05) is 11.6 Å². The number of carbonyl (C=O) groups excluding carboxylic acids is 1. The van der Waals surface area contributed by atoms with Gasteiger partial charge in [0.25, 0.3) is 15.9 Å². The summed E-state index contributed by atoms with van der Waals surface area (Å²) in [6.07, 6.45) is 1.58. The van der Waals surface area contributed by atoms with Crippen molar-refractivity contribution in [3.8, 4) is 0 Å². The Morgan fingerprint density at radius 1 is 1.22 bits per heavy atom. The number of benzene rings is 1. The molecule has 1 amide bonds. The highest BCUT2D eigenvalue weighted by atomic mass is 35.5. The van der Waals surface area contributed by atoms with Gasteiger partial charge in [-0.15, -0.1) is 11.3 Å². The number of aryl methyl sites for hydroxylation is 1. The van der Waals surface area contributed by atoms with E-state index in [0.717, 1.165) is 11.3 Å². The summed E-state index contributed by atoms with van der Waals surface area (Å²) < 4.78 is 32.9. The van der Waals surface area contributed by atoms with E-state index < -0.39 is 16.1 Å². The van der Waals surface area contributed by atoms with Crippen LogP contribution in [-0.2, 0) is 10.0 Å². The molecule has 10 heteroatoms. The summed E-state index contributed by atoms with van der Waals surface area (Å²) in [6, 6.07) is 8.65. The summed E-state index contributed by atoms with van der Waals surface area (Å²) in [5.41, 5.74) is 0.722. The van der Waals surface area contributed by atoms with Crippen LogP contribution in [0.5, 0.6) is 0 Å². The first-order chi connectivity index (χ1) is 12.7. The molecule has 27 heavy (non-hydrogen) atoms. The van der Waals surface area contributed by atoms with Crippen molar-refractivity contribution in [3.63, 3.8) is 0 Å². The van der Waals surface area contributed by atoms with Crippen molar-refractivity contribution in [1.29, 1.82) is 0 Å². The first-order valence-electron chi connectivity index (χ1n) is 7.86. The van der Waals surface area contributed by atoms with Crippen LogP contribution >= 0.6 is 22.9 Å². The lowest BCUT2D eigenvalue weighted by Crippen LogP contribution is -2.26. The van der Waals surface area contributed by atoms with Crippen LogP contribution in [0.4, 0.5) is 5.69 Å². The molecule has 0 aliphatic rings. The van der Waals surface area contributed by atoms with Crippen LogP contribution in [0.3, 0.4) is 0 Å². The topological polar surface area (TPSA) is 101 Å². The van der Waals surface area contributed by atoms with Crippen LogP contribution in [0, 0.1) is 6.92 Å². The third-order valence-corrected chi connectivity index (χ3v) is 6.67. The van der Waals surface area contributed by atoms with Crippen LogP contribution in [0.2, 0.25) is 4.34 Å². The molecule has 0 saturated carbocycles. The molecule has 3 aromatic rings.